The van der Waals surface area contributed by atoms with E-state index in [1.54, 1.807) is 12.3 Å². The van der Waals surface area contributed by atoms with Crippen LogP contribution >= 0.6 is 0 Å². The van der Waals surface area contributed by atoms with Gasteiger partial charge >= 0.3 is 6.18 Å². The Kier molecular flexibility index (Phi) is 7.88. The monoisotopic (exact) mass is 557 g/mol. The molecule has 0 aliphatic carbocycles. The van der Waals surface area contributed by atoms with Crippen molar-refractivity contribution in [3.63, 3.8) is 0 Å². The summed E-state index contributed by atoms with van der Waals surface area (Å²) >= 11 is 0. The second-order valence-electron chi connectivity index (χ2n) is 9.35. The van der Waals surface area contributed by atoms with E-state index in [1.807, 2.05) is 13.8 Å². The van der Waals surface area contributed by atoms with E-state index in [-0.39, 0.29) is 35.0 Å². The zero-order valence-corrected chi connectivity index (χ0v) is 21.4. The zero-order valence-electron chi connectivity index (χ0n) is 20.6. The number of anilines is 2. The fraction of sp³-hybridized carbons (Fsp3) is 0.478. The lowest BCUT2D eigenvalue weighted by Gasteiger charge is -2.26. The predicted molar refractivity (Wildman–Crippen MR) is 135 cm³/mol. The molecule has 0 bridgehead atoms. The van der Waals surface area contributed by atoms with E-state index in [4.69, 9.17) is 0 Å². The zero-order chi connectivity index (χ0) is 27.7. The van der Waals surface area contributed by atoms with Crippen LogP contribution in [0.5, 0.6) is 0 Å². The molecular formula is C23H27F4N7O3S. The summed E-state index contributed by atoms with van der Waals surface area (Å²) < 4.78 is 78.3. The lowest BCUT2D eigenvalue weighted by atomic mass is 10.1. The Balaban J connectivity index is 1.61. The Labute approximate surface area is 216 Å². The molecule has 15 heteroatoms. The topological polar surface area (TPSA) is 131 Å². The van der Waals surface area contributed by atoms with E-state index in [1.165, 1.54) is 16.7 Å². The molecule has 1 aliphatic rings. The highest BCUT2D eigenvalue weighted by atomic mass is 32.2. The van der Waals surface area contributed by atoms with Gasteiger partial charge in [-0.3, -0.25) is 19.1 Å². The molecule has 3 aromatic heterocycles. The predicted octanol–water partition coefficient (Wildman–Crippen LogP) is 3.24. The second kappa shape index (κ2) is 10.8. The number of nitrogens with one attached hydrogen (secondary N) is 3. The summed E-state index contributed by atoms with van der Waals surface area (Å²) in [6.45, 7) is 4.47. The average molecular weight is 558 g/mol. The van der Waals surface area contributed by atoms with E-state index in [0.29, 0.717) is 30.5 Å². The molecule has 1 fully saturated rings. The molecule has 0 radical (unpaired) electrons. The minimum Gasteiger partial charge on any atom is -0.350 e. The minimum absolute atomic E-state index is 0.0346. The average Bonchev–Trinajstić information content (AvgIpc) is 2.82. The third-order valence-corrected chi connectivity index (χ3v) is 7.17. The van der Waals surface area contributed by atoms with Crippen LogP contribution in [0.25, 0.3) is 22.3 Å². The molecule has 0 saturated carbocycles. The van der Waals surface area contributed by atoms with E-state index < -0.39 is 40.1 Å². The Hall–Kier alpha value is -3.33. The molecule has 10 nitrogen and oxygen atoms in total. The fourth-order valence-electron chi connectivity index (χ4n) is 4.13. The molecule has 1 saturated heterocycles. The van der Waals surface area contributed by atoms with Crippen molar-refractivity contribution in [2.45, 2.75) is 51.1 Å². The number of hydrogen-bond acceptors (Lipinski definition) is 8. The van der Waals surface area contributed by atoms with Crippen LogP contribution < -0.4 is 20.9 Å². The van der Waals surface area contributed by atoms with Crippen molar-refractivity contribution in [3.8, 4) is 11.3 Å². The van der Waals surface area contributed by atoms with Crippen molar-refractivity contribution in [2.24, 2.45) is 0 Å². The number of nitrogens with zero attached hydrogens (tertiary/aromatic N) is 4. The third-order valence-electron chi connectivity index (χ3n) is 5.89. The second-order valence-corrected chi connectivity index (χ2v) is 11.2. The fourth-order valence-corrected chi connectivity index (χ4v) is 5.21. The van der Waals surface area contributed by atoms with Gasteiger partial charge in [0.1, 0.15) is 11.8 Å². The molecule has 0 amide bonds. The molecule has 4 heterocycles. The summed E-state index contributed by atoms with van der Waals surface area (Å²) in [5.41, 5.74) is 0.382. The summed E-state index contributed by atoms with van der Waals surface area (Å²) in [7, 11) is -4.24. The number of sulfonamides is 1. The van der Waals surface area contributed by atoms with E-state index in [2.05, 4.69) is 30.3 Å². The van der Waals surface area contributed by atoms with Gasteiger partial charge in [-0.05, 0) is 32.0 Å². The van der Waals surface area contributed by atoms with E-state index in [9.17, 15) is 30.8 Å². The smallest absolute Gasteiger partial charge is 0.350 e. The van der Waals surface area contributed by atoms with Crippen LogP contribution in [0.15, 0.2) is 35.4 Å². The number of piperidine rings is 1. The van der Waals surface area contributed by atoms with Gasteiger partial charge in [0, 0.05) is 43.2 Å². The van der Waals surface area contributed by atoms with Crippen LogP contribution in [0.2, 0.25) is 0 Å². The summed E-state index contributed by atoms with van der Waals surface area (Å²) in [5, 5.41) is 6.65. The van der Waals surface area contributed by atoms with Crippen molar-refractivity contribution in [1.82, 2.24) is 24.8 Å². The number of fused-ring (bicyclic) bond motifs is 1. The number of pyridine rings is 2. The SMILES string of the molecule is CC(C)n1c(=O)c(-c2ccc(NS(=O)(=O)CCC(F)(F)F)cn2)cc2cnc(N[C@@H]3CNC[C@@H](F)C3)nc21. The largest absolute Gasteiger partial charge is 0.390 e. The van der Waals surface area contributed by atoms with Gasteiger partial charge in [0.15, 0.2) is 0 Å². The molecule has 38 heavy (non-hydrogen) atoms. The molecule has 2 atom stereocenters. The van der Waals surface area contributed by atoms with Gasteiger partial charge in [-0.2, -0.15) is 18.2 Å². The Morgan fingerprint density at radius 1 is 1.18 bits per heavy atom. The van der Waals surface area contributed by atoms with Gasteiger partial charge < -0.3 is 10.6 Å². The Bertz CT molecular complexity index is 1460. The summed E-state index contributed by atoms with van der Waals surface area (Å²) in [4.78, 5) is 26.4. The first-order valence-corrected chi connectivity index (χ1v) is 13.5. The van der Waals surface area contributed by atoms with Crippen molar-refractivity contribution in [1.29, 1.82) is 0 Å². The summed E-state index contributed by atoms with van der Waals surface area (Å²) in [6, 6.07) is 3.78. The van der Waals surface area contributed by atoms with Crippen LogP contribution in [0.3, 0.4) is 0 Å². The van der Waals surface area contributed by atoms with Crippen LogP contribution in [0.1, 0.15) is 32.7 Å². The van der Waals surface area contributed by atoms with E-state index >= 15 is 0 Å². The molecule has 0 aromatic carbocycles. The van der Waals surface area contributed by atoms with Crippen molar-refractivity contribution < 1.29 is 26.0 Å². The van der Waals surface area contributed by atoms with Crippen LogP contribution in [0.4, 0.5) is 29.2 Å². The molecule has 0 unspecified atom stereocenters. The normalized spacial score (nSPS) is 18.6. The molecule has 3 N–H and O–H groups in total. The first kappa shape index (κ1) is 27.7. The first-order valence-electron chi connectivity index (χ1n) is 11.9. The van der Waals surface area contributed by atoms with Crippen LogP contribution in [-0.4, -0.2) is 65.2 Å². The number of hydrogen-bond donors (Lipinski definition) is 3. The summed E-state index contributed by atoms with van der Waals surface area (Å²) in [6.07, 6.45) is -4.08. The number of alkyl halides is 4. The number of aromatic nitrogens is 4. The lowest BCUT2D eigenvalue weighted by molar-refractivity contribution is -0.129. The Morgan fingerprint density at radius 2 is 1.95 bits per heavy atom. The Morgan fingerprint density at radius 3 is 2.58 bits per heavy atom. The standard InChI is InChI=1S/C23H27F4N7O3S/c1-13(2)34-20-14(9-30-22(32-20)31-17-8-15(24)10-28-11-17)7-18(21(34)35)19-4-3-16(12-29-19)33-38(36,37)6-5-23(25,26)27/h3-4,7,9,12-13,15,17,28,33H,5-6,8,10-11H2,1-2H3,(H,30,31,32)/t15-,17-/m0/s1. The maximum absolute atomic E-state index is 13.7. The molecule has 0 spiro atoms. The molecule has 1 aliphatic heterocycles. The van der Waals surface area contributed by atoms with Gasteiger partial charge in [-0.15, -0.1) is 0 Å². The highest BCUT2D eigenvalue weighted by molar-refractivity contribution is 7.92. The third kappa shape index (κ3) is 6.75. The molecule has 4 rings (SSSR count). The maximum Gasteiger partial charge on any atom is 0.390 e. The maximum atomic E-state index is 13.7. The van der Waals surface area contributed by atoms with Gasteiger partial charge in [0.05, 0.1) is 35.3 Å². The molecule has 3 aromatic rings. The van der Waals surface area contributed by atoms with Gasteiger partial charge in [0.2, 0.25) is 16.0 Å². The minimum atomic E-state index is -4.60. The summed E-state index contributed by atoms with van der Waals surface area (Å²) in [5.74, 6) is -0.856. The quantitative estimate of drug-likeness (QED) is 0.360. The van der Waals surface area contributed by atoms with Crippen LogP contribution in [0, 0.1) is 0 Å². The van der Waals surface area contributed by atoms with Gasteiger partial charge in [-0.25, -0.2) is 17.8 Å². The number of rotatable bonds is 8. The molecule has 206 valence electrons. The van der Waals surface area contributed by atoms with E-state index in [0.717, 1.165) is 6.20 Å². The van der Waals surface area contributed by atoms with Crippen molar-refractivity contribution in [2.75, 3.05) is 28.9 Å². The highest BCUT2D eigenvalue weighted by Gasteiger charge is 2.30. The first-order chi connectivity index (χ1) is 17.8. The van der Waals surface area contributed by atoms with Gasteiger partial charge in [0.25, 0.3) is 5.56 Å². The molecular weight excluding hydrogens is 530 g/mol. The van der Waals surface area contributed by atoms with Crippen molar-refractivity contribution >= 4 is 32.7 Å². The highest BCUT2D eigenvalue weighted by Crippen LogP contribution is 2.24. The van der Waals surface area contributed by atoms with Crippen LogP contribution in [-0.2, 0) is 10.0 Å². The van der Waals surface area contributed by atoms with Gasteiger partial charge in [-0.1, -0.05) is 0 Å². The van der Waals surface area contributed by atoms with Crippen molar-refractivity contribution in [3.05, 3.63) is 40.9 Å². The lowest BCUT2D eigenvalue weighted by Crippen LogP contribution is -2.44. The number of halogens is 4.